The van der Waals surface area contributed by atoms with Crippen molar-refractivity contribution in [3.05, 3.63) is 60.4 Å². The summed E-state index contributed by atoms with van der Waals surface area (Å²) in [5.41, 5.74) is 3.91. The molecule has 7 heteroatoms. The van der Waals surface area contributed by atoms with Crippen molar-refractivity contribution in [2.45, 2.75) is 0 Å². The number of aromatic nitrogens is 4. The zero-order valence-corrected chi connectivity index (χ0v) is 15.2. The third-order valence-corrected chi connectivity index (χ3v) is 5.45. The fourth-order valence-electron chi connectivity index (χ4n) is 3.21. The van der Waals surface area contributed by atoms with E-state index in [0.29, 0.717) is 22.1 Å². The molecule has 0 bridgehead atoms. The molecule has 2 aromatic carbocycles. The van der Waals surface area contributed by atoms with Crippen LogP contribution in [0.1, 0.15) is 10.5 Å². The van der Waals surface area contributed by atoms with Crippen LogP contribution in [-0.2, 0) is 0 Å². The number of para-hydroxylation sites is 1. The van der Waals surface area contributed by atoms with Crippen LogP contribution < -0.4 is 4.74 Å². The van der Waals surface area contributed by atoms with Gasteiger partial charge < -0.3 is 9.72 Å². The molecule has 0 saturated heterocycles. The Balaban J connectivity index is 1.67. The van der Waals surface area contributed by atoms with Crippen molar-refractivity contribution in [3.8, 4) is 27.6 Å². The van der Waals surface area contributed by atoms with Gasteiger partial charge in [-0.2, -0.15) is 9.61 Å². The van der Waals surface area contributed by atoms with Gasteiger partial charge in [-0.3, -0.25) is 4.79 Å². The second-order valence-corrected chi connectivity index (χ2v) is 7.00. The number of hydrogen-bond donors (Lipinski definition) is 1. The lowest BCUT2D eigenvalue weighted by Gasteiger charge is -2.02. The molecule has 3 heterocycles. The van der Waals surface area contributed by atoms with Crippen LogP contribution in [0.15, 0.2) is 54.7 Å². The number of aldehydes is 1. The van der Waals surface area contributed by atoms with Crippen LogP contribution in [0.5, 0.6) is 5.75 Å². The van der Waals surface area contributed by atoms with E-state index in [4.69, 9.17) is 4.74 Å². The van der Waals surface area contributed by atoms with Crippen LogP contribution >= 0.6 is 11.3 Å². The van der Waals surface area contributed by atoms with Gasteiger partial charge in [-0.25, -0.2) is 4.98 Å². The lowest BCUT2D eigenvalue weighted by molar-refractivity contribution is 0.111. The summed E-state index contributed by atoms with van der Waals surface area (Å²) in [7, 11) is 1.61. The number of fused-ring (bicyclic) bond motifs is 2. The Labute approximate surface area is 158 Å². The molecule has 5 aromatic rings. The zero-order valence-electron chi connectivity index (χ0n) is 14.3. The van der Waals surface area contributed by atoms with Gasteiger partial charge in [0.15, 0.2) is 6.29 Å². The Hall–Kier alpha value is -3.45. The molecule has 0 fully saturated rings. The average Bonchev–Trinajstić information content (AvgIpc) is 3.39. The van der Waals surface area contributed by atoms with E-state index in [1.165, 1.54) is 11.3 Å². The first kappa shape index (κ1) is 15.8. The van der Waals surface area contributed by atoms with E-state index in [2.05, 4.69) is 15.1 Å². The maximum Gasteiger partial charge on any atom is 0.213 e. The van der Waals surface area contributed by atoms with Crippen LogP contribution in [0.25, 0.3) is 37.7 Å². The topological polar surface area (TPSA) is 72.3 Å². The molecule has 0 atom stereocenters. The highest BCUT2D eigenvalue weighted by Crippen LogP contribution is 2.34. The van der Waals surface area contributed by atoms with Crippen LogP contribution in [0, 0.1) is 0 Å². The Bertz CT molecular complexity index is 1300. The highest BCUT2D eigenvalue weighted by atomic mass is 32.1. The molecule has 0 aliphatic heterocycles. The molecule has 0 saturated carbocycles. The number of H-pyrrole nitrogens is 1. The van der Waals surface area contributed by atoms with Crippen molar-refractivity contribution in [3.63, 3.8) is 0 Å². The van der Waals surface area contributed by atoms with Crippen molar-refractivity contribution >= 4 is 33.5 Å². The normalized spacial score (nSPS) is 11.3. The smallest absolute Gasteiger partial charge is 0.213 e. The van der Waals surface area contributed by atoms with Crippen LogP contribution in [-0.4, -0.2) is 33.0 Å². The summed E-state index contributed by atoms with van der Waals surface area (Å²) < 4.78 is 6.89. The first-order chi connectivity index (χ1) is 13.3. The van der Waals surface area contributed by atoms with E-state index < -0.39 is 0 Å². The molecule has 0 aliphatic carbocycles. The molecule has 0 amide bonds. The number of rotatable bonds is 4. The minimum Gasteiger partial charge on any atom is -0.497 e. The summed E-state index contributed by atoms with van der Waals surface area (Å²) in [6.45, 7) is 0. The predicted molar refractivity (Wildman–Crippen MR) is 106 cm³/mol. The summed E-state index contributed by atoms with van der Waals surface area (Å²) in [6.07, 6.45) is 2.74. The first-order valence-corrected chi connectivity index (χ1v) is 9.16. The zero-order chi connectivity index (χ0) is 18.4. The highest BCUT2D eigenvalue weighted by Gasteiger charge is 2.19. The van der Waals surface area contributed by atoms with Crippen LogP contribution in [0.3, 0.4) is 0 Å². The molecule has 0 unspecified atom stereocenters. The second-order valence-electron chi connectivity index (χ2n) is 6.04. The number of imidazole rings is 1. The highest BCUT2D eigenvalue weighted by molar-refractivity contribution is 7.20. The molecule has 27 heavy (non-hydrogen) atoms. The Kier molecular flexibility index (Phi) is 3.54. The van der Waals surface area contributed by atoms with E-state index >= 15 is 0 Å². The van der Waals surface area contributed by atoms with E-state index in [1.54, 1.807) is 11.6 Å². The molecule has 1 N–H and O–H groups in total. The van der Waals surface area contributed by atoms with Gasteiger partial charge in [-0.05, 0) is 18.2 Å². The number of aromatic amines is 1. The molecule has 0 spiro atoms. The number of carbonyl (C=O) groups is 1. The molecule has 0 aliphatic rings. The van der Waals surface area contributed by atoms with Gasteiger partial charge in [-0.1, -0.05) is 41.7 Å². The van der Waals surface area contributed by atoms with Crippen molar-refractivity contribution in [2.24, 2.45) is 0 Å². The fraction of sp³-hybridized carbons (Fsp3) is 0.0500. The minimum atomic E-state index is 0.431. The maximum atomic E-state index is 11.8. The van der Waals surface area contributed by atoms with E-state index in [0.717, 1.165) is 33.3 Å². The Morgan fingerprint density at radius 3 is 2.93 bits per heavy atom. The van der Waals surface area contributed by atoms with Crippen LogP contribution in [0.2, 0.25) is 0 Å². The largest absolute Gasteiger partial charge is 0.497 e. The van der Waals surface area contributed by atoms with Gasteiger partial charge in [0, 0.05) is 28.2 Å². The number of carbonyl (C=O) groups excluding carboxylic acids is 1. The lowest BCUT2D eigenvalue weighted by atomic mass is 10.1. The van der Waals surface area contributed by atoms with E-state index in [-0.39, 0.29) is 0 Å². The summed E-state index contributed by atoms with van der Waals surface area (Å²) in [4.78, 5) is 20.4. The molecular formula is C20H14N4O2S. The second kappa shape index (κ2) is 6.07. The van der Waals surface area contributed by atoms with E-state index in [9.17, 15) is 4.79 Å². The molecule has 5 rings (SSSR count). The average molecular weight is 374 g/mol. The number of benzene rings is 2. The van der Waals surface area contributed by atoms with Gasteiger partial charge in [-0.15, -0.1) is 0 Å². The fourth-order valence-corrected chi connectivity index (χ4v) is 4.15. The van der Waals surface area contributed by atoms with Crippen LogP contribution in [0.4, 0.5) is 0 Å². The number of nitrogens with one attached hydrogen (secondary N) is 1. The van der Waals surface area contributed by atoms with Crippen molar-refractivity contribution in [1.82, 2.24) is 19.6 Å². The minimum absolute atomic E-state index is 0.431. The van der Waals surface area contributed by atoms with Gasteiger partial charge in [0.05, 0.1) is 7.11 Å². The summed E-state index contributed by atoms with van der Waals surface area (Å²) in [5, 5.41) is 6.56. The summed E-state index contributed by atoms with van der Waals surface area (Å²) >= 11 is 1.46. The third kappa shape index (κ3) is 2.43. The van der Waals surface area contributed by atoms with E-state index in [1.807, 2.05) is 54.7 Å². The van der Waals surface area contributed by atoms with Gasteiger partial charge in [0.25, 0.3) is 0 Å². The lowest BCUT2D eigenvalue weighted by Crippen LogP contribution is -1.94. The molecule has 0 radical (unpaired) electrons. The molecule has 132 valence electrons. The maximum absolute atomic E-state index is 11.8. The molecule has 3 aromatic heterocycles. The summed E-state index contributed by atoms with van der Waals surface area (Å²) in [5.74, 6) is 0.716. The number of ether oxygens (including phenoxy) is 1. The molecular weight excluding hydrogens is 360 g/mol. The monoisotopic (exact) mass is 374 g/mol. The Morgan fingerprint density at radius 2 is 2.07 bits per heavy atom. The summed E-state index contributed by atoms with van der Waals surface area (Å²) in [6, 6.07) is 15.6. The number of methoxy groups -OCH3 is 1. The van der Waals surface area contributed by atoms with Crippen molar-refractivity contribution in [2.75, 3.05) is 7.11 Å². The van der Waals surface area contributed by atoms with Crippen molar-refractivity contribution in [1.29, 1.82) is 0 Å². The molecule has 6 nitrogen and oxygen atoms in total. The SMILES string of the molecule is COc1cccc(-c2nc3sc(-c4c[nH]c5ccccc45)nn3c2C=O)c1. The van der Waals surface area contributed by atoms with Gasteiger partial charge >= 0.3 is 0 Å². The quantitative estimate of drug-likeness (QED) is 0.473. The first-order valence-electron chi connectivity index (χ1n) is 8.34. The Morgan fingerprint density at radius 1 is 1.19 bits per heavy atom. The van der Waals surface area contributed by atoms with Gasteiger partial charge in [0.2, 0.25) is 4.96 Å². The third-order valence-electron chi connectivity index (χ3n) is 4.51. The predicted octanol–water partition coefficient (Wildman–Crippen LogP) is 4.43. The van der Waals surface area contributed by atoms with Crippen molar-refractivity contribution < 1.29 is 9.53 Å². The number of hydrogen-bond acceptors (Lipinski definition) is 5. The van der Waals surface area contributed by atoms with Gasteiger partial charge in [0.1, 0.15) is 22.1 Å². The number of nitrogens with zero attached hydrogens (tertiary/aromatic N) is 3. The standard InChI is InChI=1S/C20H14N4O2S/c1-26-13-6-4-5-12(9-13)18-17(11-25)24-20(22-18)27-19(23-24)15-10-21-16-8-3-2-7-14(15)16/h2-11,21H,1H3.